The molecular weight excluding hydrogens is 272 g/mol. The Morgan fingerprint density at radius 2 is 2.24 bits per heavy atom. The first-order valence-corrected chi connectivity index (χ1v) is 6.59. The van der Waals surface area contributed by atoms with Crippen LogP contribution in [-0.4, -0.2) is 33.4 Å². The molecule has 0 saturated carbocycles. The molecular formula is C15H14N2O4. The fourth-order valence-electron chi connectivity index (χ4n) is 2.64. The van der Waals surface area contributed by atoms with Gasteiger partial charge in [-0.1, -0.05) is 0 Å². The van der Waals surface area contributed by atoms with Gasteiger partial charge in [0, 0.05) is 30.9 Å². The van der Waals surface area contributed by atoms with Gasteiger partial charge in [0.1, 0.15) is 5.76 Å². The van der Waals surface area contributed by atoms with Crippen molar-refractivity contribution in [2.75, 3.05) is 6.54 Å². The van der Waals surface area contributed by atoms with Crippen LogP contribution in [0.25, 0.3) is 0 Å². The maximum atomic E-state index is 12.6. The van der Waals surface area contributed by atoms with Gasteiger partial charge in [0.2, 0.25) is 0 Å². The zero-order chi connectivity index (χ0) is 15.0. The number of aryl methyl sites for hydroxylation is 1. The first-order valence-electron chi connectivity index (χ1n) is 6.59. The summed E-state index contributed by atoms with van der Waals surface area (Å²) in [4.78, 5) is 29.5. The first kappa shape index (κ1) is 13.4. The number of hydrogen-bond acceptors (Lipinski definition) is 4. The van der Waals surface area contributed by atoms with E-state index in [2.05, 4.69) is 4.98 Å². The van der Waals surface area contributed by atoms with E-state index in [1.54, 1.807) is 18.3 Å². The summed E-state index contributed by atoms with van der Waals surface area (Å²) in [5, 5.41) is 9.47. The third-order valence-corrected chi connectivity index (χ3v) is 3.58. The minimum atomic E-state index is -1.06. The van der Waals surface area contributed by atoms with E-state index in [0.29, 0.717) is 29.9 Å². The normalized spacial score (nSPS) is 17.4. The Morgan fingerprint density at radius 3 is 2.95 bits per heavy atom. The Morgan fingerprint density at radius 1 is 1.43 bits per heavy atom. The number of furan rings is 1. The van der Waals surface area contributed by atoms with E-state index in [-0.39, 0.29) is 5.91 Å². The van der Waals surface area contributed by atoms with Crippen LogP contribution in [-0.2, 0) is 11.2 Å². The number of rotatable bonds is 2. The molecule has 108 valence electrons. The molecule has 0 aromatic carbocycles. The van der Waals surface area contributed by atoms with Gasteiger partial charge in [-0.05, 0) is 24.6 Å². The average Bonchev–Trinajstić information content (AvgIpc) is 2.93. The molecule has 1 aliphatic rings. The van der Waals surface area contributed by atoms with Crippen LogP contribution in [0.1, 0.15) is 33.3 Å². The SMILES string of the molecule is Cc1cncc(C(=O)N2CCc3occc3C2C(=O)O)c1. The number of carboxylic acids is 1. The molecule has 0 aliphatic carbocycles. The zero-order valence-corrected chi connectivity index (χ0v) is 11.4. The van der Waals surface area contributed by atoms with Gasteiger partial charge < -0.3 is 14.4 Å². The van der Waals surface area contributed by atoms with Gasteiger partial charge in [0.15, 0.2) is 6.04 Å². The number of carbonyl (C=O) groups excluding carboxylic acids is 1. The summed E-state index contributed by atoms with van der Waals surface area (Å²) in [6, 6.07) is 2.31. The van der Waals surface area contributed by atoms with Crippen LogP contribution in [0.2, 0.25) is 0 Å². The second-order valence-corrected chi connectivity index (χ2v) is 5.04. The van der Waals surface area contributed by atoms with Crippen molar-refractivity contribution in [3.8, 4) is 0 Å². The summed E-state index contributed by atoms with van der Waals surface area (Å²) in [5.74, 6) is -0.759. The molecule has 3 heterocycles. The molecule has 0 spiro atoms. The molecule has 1 aliphatic heterocycles. The molecule has 1 amide bonds. The number of aliphatic carboxylic acids is 1. The topological polar surface area (TPSA) is 83.6 Å². The Balaban J connectivity index is 1.98. The van der Waals surface area contributed by atoms with Gasteiger partial charge in [-0.2, -0.15) is 0 Å². The van der Waals surface area contributed by atoms with Crippen molar-refractivity contribution in [3.05, 3.63) is 53.2 Å². The maximum Gasteiger partial charge on any atom is 0.331 e. The largest absolute Gasteiger partial charge is 0.479 e. The number of amides is 1. The van der Waals surface area contributed by atoms with Crippen molar-refractivity contribution in [2.45, 2.75) is 19.4 Å². The van der Waals surface area contributed by atoms with Gasteiger partial charge in [0.05, 0.1) is 11.8 Å². The Kier molecular flexibility index (Phi) is 3.21. The van der Waals surface area contributed by atoms with Crippen LogP contribution >= 0.6 is 0 Å². The van der Waals surface area contributed by atoms with Crippen molar-refractivity contribution in [2.24, 2.45) is 0 Å². The summed E-state index contributed by atoms with van der Waals surface area (Å²) in [6.07, 6.45) is 5.08. The Hall–Kier alpha value is -2.63. The summed E-state index contributed by atoms with van der Waals surface area (Å²) >= 11 is 0. The lowest BCUT2D eigenvalue weighted by molar-refractivity contribution is -0.143. The fraction of sp³-hybridized carbons (Fsp3) is 0.267. The van der Waals surface area contributed by atoms with Crippen LogP contribution < -0.4 is 0 Å². The van der Waals surface area contributed by atoms with E-state index in [0.717, 1.165) is 5.56 Å². The van der Waals surface area contributed by atoms with E-state index in [9.17, 15) is 14.7 Å². The molecule has 1 N–H and O–H groups in total. The average molecular weight is 286 g/mol. The summed E-state index contributed by atoms with van der Waals surface area (Å²) < 4.78 is 5.28. The Labute approximate surface area is 121 Å². The number of nitrogens with zero attached hydrogens (tertiary/aromatic N) is 2. The van der Waals surface area contributed by atoms with Crippen molar-refractivity contribution < 1.29 is 19.1 Å². The van der Waals surface area contributed by atoms with Gasteiger partial charge in [-0.15, -0.1) is 0 Å². The molecule has 2 aromatic rings. The zero-order valence-electron chi connectivity index (χ0n) is 11.4. The smallest absolute Gasteiger partial charge is 0.331 e. The van der Waals surface area contributed by atoms with Gasteiger partial charge in [-0.25, -0.2) is 4.79 Å². The predicted octanol–water partition coefficient (Wildman–Crippen LogP) is 1.81. The number of hydrogen-bond donors (Lipinski definition) is 1. The highest BCUT2D eigenvalue weighted by molar-refractivity contribution is 5.97. The van der Waals surface area contributed by atoms with Crippen molar-refractivity contribution in [1.29, 1.82) is 0 Å². The van der Waals surface area contributed by atoms with Gasteiger partial charge in [0.25, 0.3) is 5.91 Å². The molecule has 3 rings (SSSR count). The number of pyridine rings is 1. The van der Waals surface area contributed by atoms with E-state index >= 15 is 0 Å². The molecule has 1 unspecified atom stereocenters. The van der Waals surface area contributed by atoms with E-state index in [4.69, 9.17) is 4.42 Å². The van der Waals surface area contributed by atoms with Gasteiger partial charge >= 0.3 is 5.97 Å². The predicted molar refractivity (Wildman–Crippen MR) is 72.8 cm³/mol. The number of carbonyl (C=O) groups is 2. The van der Waals surface area contributed by atoms with E-state index < -0.39 is 12.0 Å². The highest BCUT2D eigenvalue weighted by Crippen LogP contribution is 2.31. The van der Waals surface area contributed by atoms with Crippen molar-refractivity contribution in [3.63, 3.8) is 0 Å². The molecule has 0 radical (unpaired) electrons. The monoisotopic (exact) mass is 286 g/mol. The first-order chi connectivity index (χ1) is 10.1. The molecule has 6 nitrogen and oxygen atoms in total. The highest BCUT2D eigenvalue weighted by Gasteiger charge is 2.37. The summed E-state index contributed by atoms with van der Waals surface area (Å²) in [6.45, 7) is 2.15. The van der Waals surface area contributed by atoms with Crippen LogP contribution in [0.5, 0.6) is 0 Å². The highest BCUT2D eigenvalue weighted by atomic mass is 16.4. The standard InChI is InChI=1S/C15H14N2O4/c1-9-6-10(8-16-7-9)14(18)17-4-2-12-11(3-5-21-12)13(17)15(19)20/h3,5-8,13H,2,4H2,1H3,(H,19,20). The molecule has 1 atom stereocenters. The van der Waals surface area contributed by atoms with Crippen molar-refractivity contribution in [1.82, 2.24) is 9.88 Å². The molecule has 0 bridgehead atoms. The molecule has 2 aromatic heterocycles. The summed E-state index contributed by atoms with van der Waals surface area (Å²) in [5.41, 5.74) is 1.80. The summed E-state index contributed by atoms with van der Waals surface area (Å²) in [7, 11) is 0. The third-order valence-electron chi connectivity index (χ3n) is 3.58. The molecule has 0 fully saturated rings. The third kappa shape index (κ3) is 2.29. The minimum absolute atomic E-state index is 0.310. The number of fused-ring (bicyclic) bond motifs is 1. The van der Waals surface area contributed by atoms with Gasteiger partial charge in [-0.3, -0.25) is 9.78 Å². The Bertz CT molecular complexity index is 707. The minimum Gasteiger partial charge on any atom is -0.479 e. The number of aromatic nitrogens is 1. The van der Waals surface area contributed by atoms with E-state index in [1.807, 2.05) is 6.92 Å². The molecule has 0 saturated heterocycles. The molecule has 21 heavy (non-hydrogen) atoms. The quantitative estimate of drug-likeness (QED) is 0.910. The van der Waals surface area contributed by atoms with E-state index in [1.165, 1.54) is 17.4 Å². The lowest BCUT2D eigenvalue weighted by Crippen LogP contribution is -2.43. The van der Waals surface area contributed by atoms with Crippen molar-refractivity contribution >= 4 is 11.9 Å². The van der Waals surface area contributed by atoms with Crippen LogP contribution in [0, 0.1) is 6.92 Å². The van der Waals surface area contributed by atoms with Crippen LogP contribution in [0.3, 0.4) is 0 Å². The lowest BCUT2D eigenvalue weighted by Gasteiger charge is -2.32. The lowest BCUT2D eigenvalue weighted by atomic mass is 9.98. The van der Waals surface area contributed by atoms with Crippen LogP contribution in [0.15, 0.2) is 35.2 Å². The fourth-order valence-corrected chi connectivity index (χ4v) is 2.64. The van der Waals surface area contributed by atoms with Crippen LogP contribution in [0.4, 0.5) is 0 Å². The maximum absolute atomic E-state index is 12.6. The second kappa shape index (κ2) is 5.05. The molecule has 6 heteroatoms. The number of carboxylic acid groups (broad SMARTS) is 1. The second-order valence-electron chi connectivity index (χ2n) is 5.04.